The van der Waals surface area contributed by atoms with Crippen molar-refractivity contribution in [3.05, 3.63) is 43.0 Å². The van der Waals surface area contributed by atoms with E-state index >= 15 is 0 Å². The average molecular weight is 208 g/mol. The summed E-state index contributed by atoms with van der Waals surface area (Å²) in [6.45, 7) is 4.84. The number of hydrogen-bond donors (Lipinski definition) is 0. The van der Waals surface area contributed by atoms with E-state index in [0.29, 0.717) is 5.75 Å². The van der Waals surface area contributed by atoms with Gasteiger partial charge in [0.25, 0.3) is 0 Å². The molecule has 1 unspecified atom stereocenters. The molecular weight excluding hydrogens is 196 g/mol. The Hall–Kier alpha value is -1.81. The molecule has 1 rings (SSSR count). The zero-order chi connectivity index (χ0) is 11.1. The number of hydrogen-bond acceptors (Lipinski definition) is 4. The second kappa shape index (κ2) is 5.82. The van der Waals surface area contributed by atoms with Crippen LogP contribution in [-0.4, -0.2) is 12.3 Å². The van der Waals surface area contributed by atoms with Gasteiger partial charge in [-0.25, -0.2) is 4.79 Å². The van der Waals surface area contributed by atoms with Crippen LogP contribution in [0.2, 0.25) is 0 Å². The van der Waals surface area contributed by atoms with Crippen LogP contribution in [0.15, 0.2) is 43.0 Å². The van der Waals surface area contributed by atoms with Gasteiger partial charge in [-0.1, -0.05) is 24.8 Å². The third-order valence-electron chi connectivity index (χ3n) is 1.48. The van der Waals surface area contributed by atoms with E-state index in [9.17, 15) is 4.79 Å². The molecule has 0 amide bonds. The van der Waals surface area contributed by atoms with E-state index in [4.69, 9.17) is 4.74 Å². The van der Waals surface area contributed by atoms with Gasteiger partial charge in [-0.2, -0.15) is 0 Å². The summed E-state index contributed by atoms with van der Waals surface area (Å²) in [6.07, 6.45) is 0.339. The highest BCUT2D eigenvalue weighted by atomic mass is 17.2. The molecule has 0 N–H and O–H groups in total. The van der Waals surface area contributed by atoms with Crippen molar-refractivity contribution in [3.8, 4) is 5.75 Å². The summed E-state index contributed by atoms with van der Waals surface area (Å²) in [5.41, 5.74) is 0. The molecule has 0 heterocycles. The summed E-state index contributed by atoms with van der Waals surface area (Å²) in [5, 5.41) is 0. The molecule has 0 saturated carbocycles. The molecule has 0 aromatic heterocycles. The standard InChI is InChI=1S/C11H12O4/c1-3-11(12)15-14-9(2)13-10-7-5-4-6-8-10/h3-9H,1H2,2H3. The highest BCUT2D eigenvalue weighted by Gasteiger charge is 2.06. The van der Waals surface area contributed by atoms with Gasteiger partial charge in [0.05, 0.1) is 0 Å². The minimum atomic E-state index is -0.670. The Morgan fingerprint density at radius 3 is 2.67 bits per heavy atom. The van der Waals surface area contributed by atoms with Crippen LogP contribution in [0.3, 0.4) is 0 Å². The molecule has 0 spiro atoms. The molecule has 1 aromatic rings. The van der Waals surface area contributed by atoms with E-state index in [1.807, 2.05) is 18.2 Å². The summed E-state index contributed by atoms with van der Waals surface area (Å²) in [5.74, 6) is -0.0156. The number of benzene rings is 1. The lowest BCUT2D eigenvalue weighted by molar-refractivity contribution is -0.326. The Morgan fingerprint density at radius 1 is 1.40 bits per heavy atom. The van der Waals surface area contributed by atoms with Gasteiger partial charge in [0, 0.05) is 13.0 Å². The largest absolute Gasteiger partial charge is 0.461 e. The maximum absolute atomic E-state index is 10.6. The van der Waals surface area contributed by atoms with Gasteiger partial charge in [-0.05, 0) is 12.1 Å². The van der Waals surface area contributed by atoms with Crippen molar-refractivity contribution in [2.45, 2.75) is 13.2 Å². The fraction of sp³-hybridized carbons (Fsp3) is 0.182. The van der Waals surface area contributed by atoms with Gasteiger partial charge < -0.3 is 4.74 Å². The lowest BCUT2D eigenvalue weighted by Crippen LogP contribution is -2.18. The molecular formula is C11H12O4. The van der Waals surface area contributed by atoms with Gasteiger partial charge in [0.1, 0.15) is 5.75 Å². The van der Waals surface area contributed by atoms with Crippen LogP contribution in [-0.2, 0) is 14.6 Å². The summed E-state index contributed by atoms with van der Waals surface area (Å²) in [4.78, 5) is 19.6. The van der Waals surface area contributed by atoms with Gasteiger partial charge in [-0.3, -0.25) is 4.89 Å². The van der Waals surface area contributed by atoms with Crippen LogP contribution in [0, 0.1) is 0 Å². The van der Waals surface area contributed by atoms with Crippen LogP contribution >= 0.6 is 0 Å². The molecule has 0 aliphatic rings. The molecule has 80 valence electrons. The molecule has 15 heavy (non-hydrogen) atoms. The summed E-state index contributed by atoms with van der Waals surface area (Å²) in [7, 11) is 0. The Morgan fingerprint density at radius 2 is 2.07 bits per heavy atom. The van der Waals surface area contributed by atoms with Crippen LogP contribution in [0.1, 0.15) is 6.92 Å². The van der Waals surface area contributed by atoms with Gasteiger partial charge in [0.15, 0.2) is 0 Å². The number of ether oxygens (including phenoxy) is 1. The summed E-state index contributed by atoms with van der Waals surface area (Å²) < 4.78 is 5.28. The van der Waals surface area contributed by atoms with Crippen molar-refractivity contribution < 1.29 is 19.3 Å². The van der Waals surface area contributed by atoms with Crippen LogP contribution < -0.4 is 4.74 Å². The fourth-order valence-electron chi connectivity index (χ4n) is 0.860. The lowest BCUT2D eigenvalue weighted by atomic mass is 10.3. The molecule has 1 aromatic carbocycles. The van der Waals surface area contributed by atoms with Crippen molar-refractivity contribution in [1.82, 2.24) is 0 Å². The third kappa shape index (κ3) is 4.28. The van der Waals surface area contributed by atoms with E-state index in [2.05, 4.69) is 16.4 Å². The smallest absolute Gasteiger partial charge is 0.365 e. The van der Waals surface area contributed by atoms with Crippen molar-refractivity contribution in [1.29, 1.82) is 0 Å². The minimum absolute atomic E-state index is 0.639. The number of para-hydroxylation sites is 1. The third-order valence-corrected chi connectivity index (χ3v) is 1.48. The molecule has 0 fully saturated rings. The minimum Gasteiger partial charge on any atom is -0.461 e. The Kier molecular flexibility index (Phi) is 4.37. The Bertz CT molecular complexity index is 321. The second-order valence-electron chi connectivity index (χ2n) is 2.70. The van der Waals surface area contributed by atoms with E-state index in [-0.39, 0.29) is 0 Å². The van der Waals surface area contributed by atoms with Gasteiger partial charge in [0.2, 0.25) is 6.29 Å². The molecule has 0 aliphatic heterocycles. The quantitative estimate of drug-likeness (QED) is 0.321. The van der Waals surface area contributed by atoms with Crippen molar-refractivity contribution in [3.63, 3.8) is 0 Å². The van der Waals surface area contributed by atoms with E-state index in [0.717, 1.165) is 6.08 Å². The fourth-order valence-corrected chi connectivity index (χ4v) is 0.860. The van der Waals surface area contributed by atoms with E-state index in [1.54, 1.807) is 19.1 Å². The monoisotopic (exact) mass is 208 g/mol. The number of rotatable bonds is 5. The first-order chi connectivity index (χ1) is 7.22. The molecule has 0 aliphatic carbocycles. The molecule has 1 atom stereocenters. The van der Waals surface area contributed by atoms with E-state index < -0.39 is 12.3 Å². The molecule has 0 radical (unpaired) electrons. The highest BCUT2D eigenvalue weighted by molar-refractivity contribution is 5.80. The van der Waals surface area contributed by atoms with Crippen molar-refractivity contribution in [2.75, 3.05) is 0 Å². The molecule has 0 saturated heterocycles. The average Bonchev–Trinajstić information content (AvgIpc) is 2.27. The van der Waals surface area contributed by atoms with Crippen LogP contribution in [0.25, 0.3) is 0 Å². The first-order valence-electron chi connectivity index (χ1n) is 4.44. The first-order valence-corrected chi connectivity index (χ1v) is 4.44. The predicted octanol–water partition coefficient (Wildman–Crippen LogP) is 2.07. The molecule has 0 bridgehead atoms. The Balaban J connectivity index is 2.33. The zero-order valence-corrected chi connectivity index (χ0v) is 8.38. The molecule has 4 nitrogen and oxygen atoms in total. The highest BCUT2D eigenvalue weighted by Crippen LogP contribution is 2.11. The van der Waals surface area contributed by atoms with Gasteiger partial charge >= 0.3 is 5.97 Å². The normalized spacial score (nSPS) is 11.5. The van der Waals surface area contributed by atoms with Gasteiger partial charge in [-0.15, -0.1) is 4.89 Å². The zero-order valence-electron chi connectivity index (χ0n) is 8.38. The lowest BCUT2D eigenvalue weighted by Gasteiger charge is -2.12. The summed E-state index contributed by atoms with van der Waals surface area (Å²) in [6, 6.07) is 9.08. The maximum Gasteiger partial charge on any atom is 0.365 e. The first kappa shape index (κ1) is 11.3. The second-order valence-corrected chi connectivity index (χ2v) is 2.70. The predicted molar refractivity (Wildman–Crippen MR) is 53.9 cm³/mol. The van der Waals surface area contributed by atoms with Crippen molar-refractivity contribution in [2.24, 2.45) is 0 Å². The number of carbonyl (C=O) groups excluding carboxylic acids is 1. The van der Waals surface area contributed by atoms with Crippen LogP contribution in [0.4, 0.5) is 0 Å². The maximum atomic E-state index is 10.6. The topological polar surface area (TPSA) is 44.8 Å². The molecule has 4 heteroatoms. The summed E-state index contributed by atoms with van der Waals surface area (Å²) >= 11 is 0. The SMILES string of the molecule is C=CC(=O)OOC(C)Oc1ccccc1. The van der Waals surface area contributed by atoms with E-state index in [1.165, 1.54) is 0 Å². The van der Waals surface area contributed by atoms with Crippen LogP contribution in [0.5, 0.6) is 5.75 Å². The Labute approximate surface area is 88.0 Å². The number of carbonyl (C=O) groups is 1. The van der Waals surface area contributed by atoms with Crippen molar-refractivity contribution >= 4 is 5.97 Å².